The Kier molecular flexibility index (Phi) is 8.22. The number of aromatic nitrogens is 1. The molecule has 0 radical (unpaired) electrons. The summed E-state index contributed by atoms with van der Waals surface area (Å²) >= 11 is 10.5. The number of benzene rings is 2. The third-order valence-electron chi connectivity index (χ3n) is 6.63. The van der Waals surface area contributed by atoms with Gasteiger partial charge < -0.3 is 14.1 Å². The minimum absolute atomic E-state index is 0.164. The third kappa shape index (κ3) is 5.44. The van der Waals surface area contributed by atoms with Crippen LogP contribution in [0, 0.1) is 10.1 Å². The molecule has 216 valence electrons. The number of hydrogen-bond acceptors (Lipinski definition) is 9. The van der Waals surface area contributed by atoms with Crippen molar-refractivity contribution in [2.45, 2.75) is 19.9 Å². The standard InChI is InChI=1S/C29H24BrClN4O6S/c1-5-40-28(37)24-15(2)32-29-34(26(24)16-6-8-18(9-7-16)33(3)4)27(36)23(42-29)14-19-10-11-22(41-19)17-12-20(31)25(30)21(13-17)35(38)39/h6-14,26H,5H2,1-4H3/b23-14-/t26-/m0/s1. The van der Waals surface area contributed by atoms with Crippen molar-refractivity contribution in [3.05, 3.63) is 110 Å². The number of anilines is 1. The number of fused-ring (bicyclic) bond motifs is 1. The molecule has 0 bridgehead atoms. The topological polar surface area (TPSA) is 120 Å². The molecule has 0 unspecified atom stereocenters. The summed E-state index contributed by atoms with van der Waals surface area (Å²) in [5.74, 6) is 0.156. The van der Waals surface area contributed by atoms with Crippen LogP contribution >= 0.6 is 38.9 Å². The molecule has 0 amide bonds. The van der Waals surface area contributed by atoms with Crippen LogP contribution in [0.1, 0.15) is 31.2 Å². The number of carbonyl (C=O) groups excluding carboxylic acids is 1. The number of allylic oxidation sites excluding steroid dienone is 1. The molecule has 3 heterocycles. The lowest BCUT2D eigenvalue weighted by molar-refractivity contribution is -0.385. The fourth-order valence-corrected chi connectivity index (χ4v) is 6.24. The maximum atomic E-state index is 13.8. The maximum absolute atomic E-state index is 13.8. The molecule has 5 rings (SSSR count). The number of esters is 1. The van der Waals surface area contributed by atoms with E-state index in [0.717, 1.165) is 11.3 Å². The largest absolute Gasteiger partial charge is 0.463 e. The van der Waals surface area contributed by atoms with E-state index in [2.05, 4.69) is 20.9 Å². The number of halogens is 2. The highest BCUT2D eigenvalue weighted by atomic mass is 79.9. The minimum atomic E-state index is -0.740. The van der Waals surface area contributed by atoms with E-state index in [1.165, 1.54) is 22.0 Å². The van der Waals surface area contributed by atoms with Gasteiger partial charge in [-0.2, -0.15) is 0 Å². The number of nitrogens with zero attached hydrogens (tertiary/aromatic N) is 4. The molecule has 10 nitrogen and oxygen atoms in total. The highest BCUT2D eigenvalue weighted by Crippen LogP contribution is 2.37. The Bertz CT molecular complexity index is 1940. The first-order valence-electron chi connectivity index (χ1n) is 12.7. The zero-order valence-electron chi connectivity index (χ0n) is 22.9. The van der Waals surface area contributed by atoms with Crippen LogP contribution in [0.25, 0.3) is 17.4 Å². The van der Waals surface area contributed by atoms with Crippen LogP contribution in [-0.2, 0) is 9.53 Å². The van der Waals surface area contributed by atoms with Gasteiger partial charge >= 0.3 is 5.97 Å². The second-order valence-corrected chi connectivity index (χ2v) is 11.7. The van der Waals surface area contributed by atoms with Crippen LogP contribution in [0.4, 0.5) is 11.4 Å². The number of thiazole rings is 1. The number of nitro groups is 1. The van der Waals surface area contributed by atoms with Crippen LogP contribution in [-0.4, -0.2) is 36.2 Å². The van der Waals surface area contributed by atoms with E-state index < -0.39 is 16.9 Å². The van der Waals surface area contributed by atoms with Crippen LogP contribution in [0.2, 0.25) is 5.02 Å². The smallest absolute Gasteiger partial charge is 0.338 e. The molecule has 0 aliphatic carbocycles. The van der Waals surface area contributed by atoms with Gasteiger partial charge in [-0.1, -0.05) is 35.1 Å². The molecule has 1 atom stereocenters. The number of hydrogen-bond donors (Lipinski definition) is 0. The molecule has 13 heteroatoms. The van der Waals surface area contributed by atoms with E-state index >= 15 is 0 Å². The maximum Gasteiger partial charge on any atom is 0.338 e. The quantitative estimate of drug-likeness (QED) is 0.146. The Morgan fingerprint density at radius 2 is 1.98 bits per heavy atom. The van der Waals surface area contributed by atoms with Crippen molar-refractivity contribution in [2.75, 3.05) is 25.6 Å². The second kappa shape index (κ2) is 11.7. The second-order valence-electron chi connectivity index (χ2n) is 9.54. The number of nitro benzene ring substituents is 1. The summed E-state index contributed by atoms with van der Waals surface area (Å²) in [7, 11) is 3.86. The van der Waals surface area contributed by atoms with Gasteiger partial charge in [0.1, 0.15) is 16.0 Å². The van der Waals surface area contributed by atoms with Crippen molar-refractivity contribution in [2.24, 2.45) is 4.99 Å². The molecule has 1 aliphatic heterocycles. The first-order chi connectivity index (χ1) is 20.0. The predicted molar refractivity (Wildman–Crippen MR) is 165 cm³/mol. The number of rotatable bonds is 7. The summed E-state index contributed by atoms with van der Waals surface area (Å²) in [4.78, 5) is 44.8. The first-order valence-corrected chi connectivity index (χ1v) is 14.7. The molecule has 0 spiro atoms. The van der Waals surface area contributed by atoms with Crippen molar-refractivity contribution in [1.82, 2.24) is 4.57 Å². The monoisotopic (exact) mass is 670 g/mol. The summed E-state index contributed by atoms with van der Waals surface area (Å²) in [6, 6.07) is 13.1. The predicted octanol–water partition coefficient (Wildman–Crippen LogP) is 5.45. The molecular formula is C29H24BrClN4O6S. The van der Waals surface area contributed by atoms with Crippen LogP contribution < -0.4 is 19.8 Å². The molecular weight excluding hydrogens is 648 g/mol. The van der Waals surface area contributed by atoms with E-state index in [4.69, 9.17) is 20.8 Å². The number of ether oxygens (including phenoxy) is 1. The molecule has 2 aromatic carbocycles. The van der Waals surface area contributed by atoms with Gasteiger partial charge in [-0.25, -0.2) is 9.79 Å². The highest BCUT2D eigenvalue weighted by Gasteiger charge is 2.33. The molecule has 0 fully saturated rings. The van der Waals surface area contributed by atoms with Crippen molar-refractivity contribution in [3.63, 3.8) is 0 Å². The van der Waals surface area contributed by atoms with Crippen molar-refractivity contribution >= 4 is 62.3 Å². The van der Waals surface area contributed by atoms with Crippen LogP contribution in [0.3, 0.4) is 0 Å². The average Bonchev–Trinajstić information content (AvgIpc) is 3.53. The number of carbonyl (C=O) groups is 1. The molecule has 0 N–H and O–H groups in total. The highest BCUT2D eigenvalue weighted by molar-refractivity contribution is 9.10. The fraction of sp³-hybridized carbons (Fsp3) is 0.207. The van der Waals surface area contributed by atoms with Crippen LogP contribution in [0.5, 0.6) is 0 Å². The van der Waals surface area contributed by atoms with Crippen molar-refractivity contribution in [1.29, 1.82) is 0 Å². The Hall–Kier alpha value is -4.00. The van der Waals surface area contributed by atoms with Crippen molar-refractivity contribution < 1.29 is 18.9 Å². The number of furan rings is 1. The fourth-order valence-electron chi connectivity index (χ4n) is 4.63. The summed E-state index contributed by atoms with van der Waals surface area (Å²) in [5, 5.41) is 11.6. The van der Waals surface area contributed by atoms with Crippen molar-refractivity contribution in [3.8, 4) is 11.3 Å². The Morgan fingerprint density at radius 1 is 1.26 bits per heavy atom. The summed E-state index contributed by atoms with van der Waals surface area (Å²) in [6.07, 6.45) is 1.58. The van der Waals surface area contributed by atoms with Gasteiger partial charge in [-0.15, -0.1) is 0 Å². The van der Waals surface area contributed by atoms with Gasteiger partial charge in [0.25, 0.3) is 11.2 Å². The molecule has 0 saturated carbocycles. The average molecular weight is 672 g/mol. The van der Waals surface area contributed by atoms with Gasteiger partial charge in [-0.3, -0.25) is 19.5 Å². The zero-order chi connectivity index (χ0) is 30.3. The normalized spacial score (nSPS) is 14.9. The molecule has 2 aromatic heterocycles. The van der Waals surface area contributed by atoms with E-state index in [9.17, 15) is 19.7 Å². The SMILES string of the molecule is CCOC(=O)C1=C(C)N=c2s/c(=C\c3ccc(-c4cc(Cl)c(Br)c([N+](=O)[O-])c4)o3)c(=O)n2[C@H]1c1ccc(N(C)C)cc1. The Labute approximate surface area is 257 Å². The van der Waals surface area contributed by atoms with Gasteiger partial charge in [0.2, 0.25) is 0 Å². The summed E-state index contributed by atoms with van der Waals surface area (Å²) < 4.78 is 13.3. The van der Waals surface area contributed by atoms with E-state index in [1.54, 1.807) is 38.1 Å². The van der Waals surface area contributed by atoms with Gasteiger partial charge in [0, 0.05) is 37.5 Å². The third-order valence-corrected chi connectivity index (χ3v) is 8.98. The van der Waals surface area contributed by atoms with Gasteiger partial charge in [0.05, 0.1) is 38.4 Å². The zero-order valence-corrected chi connectivity index (χ0v) is 26.0. The summed E-state index contributed by atoms with van der Waals surface area (Å²) in [6.45, 7) is 3.63. The van der Waals surface area contributed by atoms with E-state index in [-0.39, 0.29) is 27.3 Å². The minimum Gasteiger partial charge on any atom is -0.463 e. The Balaban J connectivity index is 1.62. The van der Waals surface area contributed by atoms with Gasteiger partial charge in [0.15, 0.2) is 4.80 Å². The summed E-state index contributed by atoms with van der Waals surface area (Å²) in [5.41, 5.74) is 2.33. The van der Waals surface area contributed by atoms with Crippen LogP contribution in [0.15, 0.2) is 78.5 Å². The molecule has 1 aliphatic rings. The lowest BCUT2D eigenvalue weighted by Crippen LogP contribution is -2.39. The lowest BCUT2D eigenvalue weighted by Gasteiger charge is -2.25. The Morgan fingerprint density at radius 3 is 2.62 bits per heavy atom. The lowest BCUT2D eigenvalue weighted by atomic mass is 9.95. The van der Waals surface area contributed by atoms with E-state index in [1.807, 2.05) is 43.3 Å². The molecule has 4 aromatic rings. The van der Waals surface area contributed by atoms with E-state index in [0.29, 0.717) is 37.7 Å². The molecule has 0 saturated heterocycles. The first kappa shape index (κ1) is 29.5. The molecule has 42 heavy (non-hydrogen) atoms. The van der Waals surface area contributed by atoms with Gasteiger partial charge in [-0.05, 0) is 65.7 Å².